The van der Waals surface area contributed by atoms with Gasteiger partial charge in [0.1, 0.15) is 0 Å². The van der Waals surface area contributed by atoms with E-state index < -0.39 is 11.7 Å². The normalized spacial score (nSPS) is 11.8. The van der Waals surface area contributed by atoms with Crippen LogP contribution in [-0.2, 0) is 6.18 Å². The fourth-order valence-electron chi connectivity index (χ4n) is 1.56. The van der Waals surface area contributed by atoms with Crippen molar-refractivity contribution >= 4 is 0 Å². The van der Waals surface area contributed by atoms with E-state index in [2.05, 4.69) is 0 Å². The fraction of sp³-hybridized carbons (Fsp3) is 0.167. The van der Waals surface area contributed by atoms with Gasteiger partial charge in [0.15, 0.2) is 0 Å². The average molecular weight is 226 g/mol. The summed E-state index contributed by atoms with van der Waals surface area (Å²) in [6.45, 7) is 1.63. The van der Waals surface area contributed by atoms with Crippen LogP contribution in [-0.4, -0.2) is 0 Å². The second-order valence-corrected chi connectivity index (χ2v) is 3.56. The molecule has 0 amide bonds. The second-order valence-electron chi connectivity index (χ2n) is 3.56. The Morgan fingerprint density at radius 2 is 1.88 bits per heavy atom. The van der Waals surface area contributed by atoms with Crippen molar-refractivity contribution < 1.29 is 17.6 Å². The van der Waals surface area contributed by atoms with Crippen LogP contribution < -0.4 is 0 Å². The van der Waals surface area contributed by atoms with Gasteiger partial charge in [0, 0.05) is 5.56 Å². The molecule has 0 aliphatic rings. The summed E-state index contributed by atoms with van der Waals surface area (Å²) in [5.41, 5.74) is 0.535. The van der Waals surface area contributed by atoms with E-state index in [1.807, 2.05) is 0 Å². The van der Waals surface area contributed by atoms with Gasteiger partial charge in [0.25, 0.3) is 0 Å². The lowest BCUT2D eigenvalue weighted by atomic mass is 9.99. The zero-order valence-electron chi connectivity index (χ0n) is 8.51. The molecule has 0 unspecified atom stereocenters. The molecule has 2 aromatic rings. The van der Waals surface area contributed by atoms with Crippen LogP contribution in [0.15, 0.2) is 41.2 Å². The zero-order chi connectivity index (χ0) is 11.8. The standard InChI is InChI=1S/C12H9F3O/c1-8-2-3-10(9-4-5-16-7-9)11(6-8)12(13,14)15/h2-7H,1H3. The number of aryl methyl sites for hydroxylation is 1. The van der Waals surface area contributed by atoms with E-state index in [1.165, 1.54) is 24.7 Å². The molecule has 0 aliphatic heterocycles. The lowest BCUT2D eigenvalue weighted by molar-refractivity contribution is -0.137. The van der Waals surface area contributed by atoms with Crippen molar-refractivity contribution in [3.05, 3.63) is 47.9 Å². The lowest BCUT2D eigenvalue weighted by Gasteiger charge is -2.12. The molecule has 1 aromatic heterocycles. The van der Waals surface area contributed by atoms with Gasteiger partial charge in [0.2, 0.25) is 0 Å². The van der Waals surface area contributed by atoms with Crippen LogP contribution >= 0.6 is 0 Å². The van der Waals surface area contributed by atoms with E-state index in [9.17, 15) is 13.2 Å². The average Bonchev–Trinajstić information content (AvgIpc) is 2.69. The summed E-state index contributed by atoms with van der Waals surface area (Å²) in [6, 6.07) is 5.77. The molecule has 0 saturated carbocycles. The Kier molecular flexibility index (Phi) is 2.50. The summed E-state index contributed by atoms with van der Waals surface area (Å²) in [5, 5.41) is 0. The van der Waals surface area contributed by atoms with Gasteiger partial charge in [-0.2, -0.15) is 13.2 Å². The minimum absolute atomic E-state index is 0.145. The molecule has 1 nitrogen and oxygen atoms in total. The molecule has 0 atom stereocenters. The van der Waals surface area contributed by atoms with Gasteiger partial charge in [0.05, 0.1) is 18.1 Å². The monoisotopic (exact) mass is 226 g/mol. The highest BCUT2D eigenvalue weighted by atomic mass is 19.4. The second kappa shape index (κ2) is 3.70. The van der Waals surface area contributed by atoms with Gasteiger partial charge >= 0.3 is 6.18 Å². The van der Waals surface area contributed by atoms with Crippen LogP contribution in [0.25, 0.3) is 11.1 Å². The van der Waals surface area contributed by atoms with E-state index >= 15 is 0 Å². The summed E-state index contributed by atoms with van der Waals surface area (Å²) in [5.74, 6) is 0. The lowest BCUT2D eigenvalue weighted by Crippen LogP contribution is -2.07. The van der Waals surface area contributed by atoms with Crippen molar-refractivity contribution in [3.8, 4) is 11.1 Å². The Balaban J connectivity index is 2.62. The first-order chi connectivity index (χ1) is 7.48. The molecular formula is C12H9F3O. The molecule has 0 saturated heterocycles. The topological polar surface area (TPSA) is 13.1 Å². The highest BCUT2D eigenvalue weighted by Crippen LogP contribution is 2.37. The molecule has 0 aliphatic carbocycles. The molecule has 0 radical (unpaired) electrons. The molecule has 0 bridgehead atoms. The van der Waals surface area contributed by atoms with Crippen LogP contribution in [0.2, 0.25) is 0 Å². The van der Waals surface area contributed by atoms with Crippen LogP contribution in [0.1, 0.15) is 11.1 Å². The summed E-state index contributed by atoms with van der Waals surface area (Å²) in [7, 11) is 0. The third kappa shape index (κ3) is 1.96. The molecular weight excluding hydrogens is 217 g/mol. The number of rotatable bonds is 1. The van der Waals surface area contributed by atoms with E-state index in [0.717, 1.165) is 6.07 Å². The third-order valence-electron chi connectivity index (χ3n) is 2.31. The molecule has 16 heavy (non-hydrogen) atoms. The minimum atomic E-state index is -4.35. The SMILES string of the molecule is Cc1ccc(-c2ccoc2)c(C(F)(F)F)c1. The van der Waals surface area contributed by atoms with Crippen LogP contribution in [0, 0.1) is 6.92 Å². The highest BCUT2D eigenvalue weighted by molar-refractivity contribution is 5.67. The Hall–Kier alpha value is -1.71. The van der Waals surface area contributed by atoms with E-state index in [1.54, 1.807) is 13.0 Å². The third-order valence-corrected chi connectivity index (χ3v) is 2.31. The molecule has 84 valence electrons. The predicted octanol–water partition coefficient (Wildman–Crippen LogP) is 4.27. The van der Waals surface area contributed by atoms with Crippen LogP contribution in [0.5, 0.6) is 0 Å². The fourth-order valence-corrected chi connectivity index (χ4v) is 1.56. The number of halogens is 3. The highest BCUT2D eigenvalue weighted by Gasteiger charge is 2.33. The molecule has 4 heteroatoms. The Bertz CT molecular complexity index is 483. The first-order valence-corrected chi connectivity index (χ1v) is 4.69. The number of furan rings is 1. The van der Waals surface area contributed by atoms with Crippen molar-refractivity contribution in [1.82, 2.24) is 0 Å². The maximum Gasteiger partial charge on any atom is 0.417 e. The first-order valence-electron chi connectivity index (χ1n) is 4.69. The predicted molar refractivity (Wildman–Crippen MR) is 53.9 cm³/mol. The summed E-state index contributed by atoms with van der Waals surface area (Å²) in [6.07, 6.45) is -1.69. The zero-order valence-corrected chi connectivity index (χ0v) is 8.51. The Morgan fingerprint density at radius 1 is 1.12 bits per heavy atom. The van der Waals surface area contributed by atoms with E-state index in [0.29, 0.717) is 11.1 Å². The molecule has 2 rings (SSSR count). The quantitative estimate of drug-likeness (QED) is 0.707. The molecule has 1 aromatic carbocycles. The largest absolute Gasteiger partial charge is 0.472 e. The van der Waals surface area contributed by atoms with Crippen molar-refractivity contribution in [2.45, 2.75) is 13.1 Å². The summed E-state index contributed by atoms with van der Waals surface area (Å²) >= 11 is 0. The Labute approximate surface area is 90.5 Å². The van der Waals surface area contributed by atoms with E-state index in [-0.39, 0.29) is 5.56 Å². The van der Waals surface area contributed by atoms with Gasteiger partial charge in [-0.3, -0.25) is 0 Å². The molecule has 0 N–H and O–H groups in total. The number of benzene rings is 1. The smallest absolute Gasteiger partial charge is 0.417 e. The van der Waals surface area contributed by atoms with Gasteiger partial charge in [-0.05, 0) is 24.6 Å². The maximum absolute atomic E-state index is 12.8. The molecule has 0 fully saturated rings. The first kappa shape index (κ1) is 10.8. The molecule has 1 heterocycles. The number of hydrogen-bond donors (Lipinski definition) is 0. The van der Waals surface area contributed by atoms with Crippen molar-refractivity contribution in [3.63, 3.8) is 0 Å². The van der Waals surface area contributed by atoms with Gasteiger partial charge in [-0.25, -0.2) is 0 Å². The van der Waals surface area contributed by atoms with Gasteiger partial charge in [-0.15, -0.1) is 0 Å². The van der Waals surface area contributed by atoms with Gasteiger partial charge in [-0.1, -0.05) is 17.7 Å². The number of alkyl halides is 3. The maximum atomic E-state index is 12.8. The van der Waals surface area contributed by atoms with Crippen molar-refractivity contribution in [2.24, 2.45) is 0 Å². The number of hydrogen-bond acceptors (Lipinski definition) is 1. The minimum Gasteiger partial charge on any atom is -0.472 e. The van der Waals surface area contributed by atoms with Crippen LogP contribution in [0.3, 0.4) is 0 Å². The summed E-state index contributed by atoms with van der Waals surface area (Å²) < 4.78 is 43.2. The molecule has 0 spiro atoms. The van der Waals surface area contributed by atoms with E-state index in [4.69, 9.17) is 4.42 Å². The van der Waals surface area contributed by atoms with Crippen molar-refractivity contribution in [2.75, 3.05) is 0 Å². The summed E-state index contributed by atoms with van der Waals surface area (Å²) in [4.78, 5) is 0. The van der Waals surface area contributed by atoms with Gasteiger partial charge < -0.3 is 4.42 Å². The Morgan fingerprint density at radius 3 is 2.44 bits per heavy atom. The van der Waals surface area contributed by atoms with Crippen LogP contribution in [0.4, 0.5) is 13.2 Å². The van der Waals surface area contributed by atoms with Crippen molar-refractivity contribution in [1.29, 1.82) is 0 Å².